The molecule has 0 atom stereocenters. The number of nitrogens with zero attached hydrogens (tertiary/aromatic N) is 2. The molecule has 0 aliphatic heterocycles. The van der Waals surface area contributed by atoms with Gasteiger partial charge in [0.15, 0.2) is 0 Å². The molecule has 0 fully saturated rings. The summed E-state index contributed by atoms with van der Waals surface area (Å²) < 4.78 is 2.67. The van der Waals surface area contributed by atoms with Crippen molar-refractivity contribution in [2.45, 2.75) is 0 Å². The molecule has 0 saturated heterocycles. The van der Waals surface area contributed by atoms with Gasteiger partial charge < -0.3 is 5.73 Å². The lowest BCUT2D eigenvalue weighted by atomic mass is 10.0. The van der Waals surface area contributed by atoms with Crippen LogP contribution < -0.4 is 5.73 Å². The minimum Gasteiger partial charge on any atom is -0.383 e. The molecule has 0 aliphatic carbocycles. The van der Waals surface area contributed by atoms with Crippen LogP contribution >= 0.6 is 27.5 Å². The zero-order valence-electron chi connectivity index (χ0n) is 11.3. The van der Waals surface area contributed by atoms with Gasteiger partial charge in [0.05, 0.1) is 5.56 Å². The van der Waals surface area contributed by atoms with Crippen molar-refractivity contribution < 1.29 is 0 Å². The molecule has 1 aromatic heterocycles. The molecule has 21 heavy (non-hydrogen) atoms. The normalized spacial score (nSPS) is 10.8. The van der Waals surface area contributed by atoms with Crippen LogP contribution in [-0.4, -0.2) is 9.78 Å². The second-order valence-corrected chi connectivity index (χ2v) is 6.01. The number of halogens is 2. The molecule has 106 valence electrons. The van der Waals surface area contributed by atoms with Crippen molar-refractivity contribution in [2.24, 2.45) is 7.05 Å². The average Bonchev–Trinajstić information content (AvgIpc) is 2.76. The first-order valence-corrected chi connectivity index (χ1v) is 7.58. The number of aryl methyl sites for hydroxylation is 1. The zero-order valence-corrected chi connectivity index (χ0v) is 13.7. The molecule has 0 bridgehead atoms. The van der Waals surface area contributed by atoms with Crippen molar-refractivity contribution in [3.05, 3.63) is 58.0 Å². The highest BCUT2D eigenvalue weighted by Crippen LogP contribution is 2.39. The van der Waals surface area contributed by atoms with Crippen molar-refractivity contribution in [3.8, 4) is 22.4 Å². The molecule has 0 radical (unpaired) electrons. The van der Waals surface area contributed by atoms with Gasteiger partial charge in [0, 0.05) is 27.7 Å². The number of rotatable bonds is 2. The summed E-state index contributed by atoms with van der Waals surface area (Å²) in [6.45, 7) is 0. The van der Waals surface area contributed by atoms with E-state index in [1.165, 1.54) is 0 Å². The molecule has 3 rings (SSSR count). The lowest BCUT2D eigenvalue weighted by Gasteiger charge is -2.07. The monoisotopic (exact) mass is 361 g/mol. The van der Waals surface area contributed by atoms with E-state index in [4.69, 9.17) is 17.3 Å². The number of hydrogen-bond acceptors (Lipinski definition) is 2. The van der Waals surface area contributed by atoms with Crippen molar-refractivity contribution in [2.75, 3.05) is 5.73 Å². The van der Waals surface area contributed by atoms with Gasteiger partial charge in [-0.05, 0) is 18.2 Å². The summed E-state index contributed by atoms with van der Waals surface area (Å²) in [6, 6.07) is 15.6. The van der Waals surface area contributed by atoms with E-state index in [0.29, 0.717) is 10.8 Å². The standard InChI is InChI=1S/C16H13BrClN3/c1-21-16(19)14(12-7-2-3-8-13(12)17)15(20-21)10-5-4-6-11(18)9-10/h2-9H,19H2,1H3. The summed E-state index contributed by atoms with van der Waals surface area (Å²) in [5.41, 5.74) is 9.92. The molecule has 5 heteroatoms. The van der Waals surface area contributed by atoms with E-state index in [-0.39, 0.29) is 0 Å². The highest BCUT2D eigenvalue weighted by atomic mass is 79.9. The van der Waals surface area contributed by atoms with Crippen LogP contribution in [0.5, 0.6) is 0 Å². The largest absolute Gasteiger partial charge is 0.383 e. The predicted molar refractivity (Wildman–Crippen MR) is 91.2 cm³/mol. The number of nitrogens with two attached hydrogens (primary N) is 1. The number of aromatic nitrogens is 2. The van der Waals surface area contributed by atoms with Crippen LogP contribution in [0.4, 0.5) is 5.82 Å². The van der Waals surface area contributed by atoms with E-state index in [0.717, 1.165) is 26.9 Å². The first-order valence-electron chi connectivity index (χ1n) is 6.41. The Balaban J connectivity index is 2.29. The smallest absolute Gasteiger partial charge is 0.129 e. The molecule has 3 aromatic rings. The highest BCUT2D eigenvalue weighted by molar-refractivity contribution is 9.10. The van der Waals surface area contributed by atoms with Gasteiger partial charge in [0.1, 0.15) is 11.5 Å². The molecule has 0 spiro atoms. The second kappa shape index (κ2) is 5.54. The van der Waals surface area contributed by atoms with Gasteiger partial charge in [-0.3, -0.25) is 4.68 Å². The summed E-state index contributed by atoms with van der Waals surface area (Å²) >= 11 is 9.67. The van der Waals surface area contributed by atoms with Crippen LogP contribution in [0.3, 0.4) is 0 Å². The summed E-state index contributed by atoms with van der Waals surface area (Å²) in [5, 5.41) is 5.23. The Morgan fingerprint density at radius 2 is 1.90 bits per heavy atom. The zero-order chi connectivity index (χ0) is 15.0. The van der Waals surface area contributed by atoms with Crippen LogP contribution in [0.1, 0.15) is 0 Å². The Bertz CT molecular complexity index is 811. The fourth-order valence-corrected chi connectivity index (χ4v) is 2.98. The Hall–Kier alpha value is -1.78. The third-order valence-corrected chi connectivity index (χ3v) is 4.26. The van der Waals surface area contributed by atoms with Crippen molar-refractivity contribution in [1.82, 2.24) is 9.78 Å². The minimum absolute atomic E-state index is 0.622. The lowest BCUT2D eigenvalue weighted by Crippen LogP contribution is -1.98. The first-order chi connectivity index (χ1) is 10.1. The number of anilines is 1. The molecule has 2 aromatic carbocycles. The van der Waals surface area contributed by atoms with Crippen molar-refractivity contribution >= 4 is 33.3 Å². The quantitative estimate of drug-likeness (QED) is 0.715. The van der Waals surface area contributed by atoms with E-state index >= 15 is 0 Å². The van der Waals surface area contributed by atoms with Gasteiger partial charge in [0.25, 0.3) is 0 Å². The topological polar surface area (TPSA) is 43.8 Å². The van der Waals surface area contributed by atoms with Crippen LogP contribution in [0, 0.1) is 0 Å². The van der Waals surface area contributed by atoms with Crippen LogP contribution in [0.15, 0.2) is 53.0 Å². The molecule has 2 N–H and O–H groups in total. The van der Waals surface area contributed by atoms with Crippen LogP contribution in [0.25, 0.3) is 22.4 Å². The number of hydrogen-bond donors (Lipinski definition) is 1. The van der Waals surface area contributed by atoms with E-state index < -0.39 is 0 Å². The Morgan fingerprint density at radius 1 is 1.14 bits per heavy atom. The van der Waals surface area contributed by atoms with Gasteiger partial charge in [-0.2, -0.15) is 5.10 Å². The van der Waals surface area contributed by atoms with Crippen LogP contribution in [-0.2, 0) is 7.05 Å². The molecule has 0 amide bonds. The molecule has 1 heterocycles. The van der Waals surface area contributed by atoms with Gasteiger partial charge in [-0.25, -0.2) is 0 Å². The van der Waals surface area contributed by atoms with Gasteiger partial charge >= 0.3 is 0 Å². The SMILES string of the molecule is Cn1nc(-c2cccc(Cl)c2)c(-c2ccccc2Br)c1N. The van der Waals surface area contributed by atoms with Crippen LogP contribution in [0.2, 0.25) is 5.02 Å². The summed E-state index contributed by atoms with van der Waals surface area (Å²) in [5.74, 6) is 0.622. The van der Waals surface area contributed by atoms with Gasteiger partial charge in [-0.15, -0.1) is 0 Å². The second-order valence-electron chi connectivity index (χ2n) is 4.72. The fourth-order valence-electron chi connectivity index (χ4n) is 2.30. The average molecular weight is 363 g/mol. The third-order valence-electron chi connectivity index (χ3n) is 3.33. The molecule has 0 aliphatic rings. The van der Waals surface area contributed by atoms with Crippen molar-refractivity contribution in [1.29, 1.82) is 0 Å². The Labute approximate surface area is 136 Å². The number of benzene rings is 2. The first kappa shape index (κ1) is 14.2. The lowest BCUT2D eigenvalue weighted by molar-refractivity contribution is 0.782. The minimum atomic E-state index is 0.622. The Morgan fingerprint density at radius 3 is 2.62 bits per heavy atom. The Kier molecular flexibility index (Phi) is 3.74. The predicted octanol–water partition coefficient (Wildman–Crippen LogP) is 4.75. The van der Waals surface area contributed by atoms with E-state index in [9.17, 15) is 0 Å². The van der Waals surface area contributed by atoms with Gasteiger partial charge in [-0.1, -0.05) is 57.9 Å². The maximum absolute atomic E-state index is 6.23. The van der Waals surface area contributed by atoms with Gasteiger partial charge in [0.2, 0.25) is 0 Å². The molecule has 0 unspecified atom stereocenters. The van der Waals surface area contributed by atoms with E-state index in [1.54, 1.807) is 4.68 Å². The summed E-state index contributed by atoms with van der Waals surface area (Å²) in [6.07, 6.45) is 0. The molecular weight excluding hydrogens is 350 g/mol. The molecule has 3 nitrogen and oxygen atoms in total. The summed E-state index contributed by atoms with van der Waals surface area (Å²) in [7, 11) is 1.84. The maximum atomic E-state index is 6.23. The third kappa shape index (κ3) is 2.57. The van der Waals surface area contributed by atoms with Crippen molar-refractivity contribution in [3.63, 3.8) is 0 Å². The fraction of sp³-hybridized carbons (Fsp3) is 0.0625. The number of nitrogen functional groups attached to an aromatic ring is 1. The summed E-state index contributed by atoms with van der Waals surface area (Å²) in [4.78, 5) is 0. The molecular formula is C16H13BrClN3. The molecule has 0 saturated carbocycles. The van der Waals surface area contributed by atoms with E-state index in [2.05, 4.69) is 21.0 Å². The highest BCUT2D eigenvalue weighted by Gasteiger charge is 2.19. The maximum Gasteiger partial charge on any atom is 0.129 e. The van der Waals surface area contributed by atoms with E-state index in [1.807, 2.05) is 55.6 Å².